The lowest BCUT2D eigenvalue weighted by Crippen LogP contribution is -2.57. The highest BCUT2D eigenvalue weighted by atomic mass is 16.5. The molecule has 9 heteroatoms. The average Bonchev–Trinajstić information content (AvgIpc) is 3.27. The van der Waals surface area contributed by atoms with Crippen LogP contribution in [0.5, 0.6) is 5.88 Å². The summed E-state index contributed by atoms with van der Waals surface area (Å²) < 4.78 is 16.9. The van der Waals surface area contributed by atoms with Gasteiger partial charge in [0, 0.05) is 30.0 Å². The highest BCUT2D eigenvalue weighted by molar-refractivity contribution is 5.91. The Balaban J connectivity index is 1.73. The second-order valence-corrected chi connectivity index (χ2v) is 10.3. The van der Waals surface area contributed by atoms with E-state index in [1.54, 1.807) is 13.1 Å². The largest absolute Gasteiger partial charge is 0.472 e. The lowest BCUT2D eigenvalue weighted by atomic mass is 9.85. The minimum absolute atomic E-state index is 0.142. The Morgan fingerprint density at radius 2 is 2.08 bits per heavy atom. The van der Waals surface area contributed by atoms with Gasteiger partial charge in [-0.15, -0.1) is 0 Å². The maximum Gasteiger partial charge on any atom is 0.407 e. The summed E-state index contributed by atoms with van der Waals surface area (Å²) >= 11 is 0. The lowest BCUT2D eigenvalue weighted by Gasteiger charge is -2.34. The van der Waals surface area contributed by atoms with Crippen molar-refractivity contribution in [2.24, 2.45) is 5.41 Å². The summed E-state index contributed by atoms with van der Waals surface area (Å²) in [4.78, 5) is 45.1. The summed E-state index contributed by atoms with van der Waals surface area (Å²) in [5, 5.41) is 4.46. The fourth-order valence-corrected chi connectivity index (χ4v) is 4.52. The number of amides is 2. The van der Waals surface area contributed by atoms with Crippen LogP contribution in [0.3, 0.4) is 0 Å². The molecule has 1 saturated heterocycles. The molecule has 196 valence electrons. The Morgan fingerprint density at radius 3 is 2.84 bits per heavy atom. The van der Waals surface area contributed by atoms with Gasteiger partial charge in [0.15, 0.2) is 0 Å². The van der Waals surface area contributed by atoms with Crippen molar-refractivity contribution in [1.82, 2.24) is 15.2 Å². The number of ether oxygens (including phenoxy) is 3. The van der Waals surface area contributed by atoms with Crippen LogP contribution < -0.4 is 10.1 Å². The van der Waals surface area contributed by atoms with Crippen molar-refractivity contribution < 1.29 is 28.6 Å². The molecular weight excluding hydrogens is 474 g/mol. The fourth-order valence-electron chi connectivity index (χ4n) is 4.52. The number of pyridine rings is 1. The van der Waals surface area contributed by atoms with Gasteiger partial charge in [-0.3, -0.25) is 4.79 Å². The average molecular weight is 508 g/mol. The molecule has 3 heterocycles. The van der Waals surface area contributed by atoms with Gasteiger partial charge >= 0.3 is 12.1 Å². The van der Waals surface area contributed by atoms with Crippen LogP contribution in [0.15, 0.2) is 30.5 Å². The van der Waals surface area contributed by atoms with Crippen molar-refractivity contribution in [2.75, 3.05) is 19.8 Å². The number of nitrogens with zero attached hydrogens (tertiary/aromatic N) is 2. The van der Waals surface area contributed by atoms with Gasteiger partial charge < -0.3 is 24.4 Å². The number of carbonyl (C=O) groups is 3. The predicted molar refractivity (Wildman–Crippen MR) is 137 cm³/mol. The van der Waals surface area contributed by atoms with E-state index >= 15 is 0 Å². The zero-order chi connectivity index (χ0) is 26.6. The van der Waals surface area contributed by atoms with E-state index in [0.29, 0.717) is 18.7 Å². The Kier molecular flexibility index (Phi) is 7.86. The second-order valence-electron chi connectivity index (χ2n) is 10.3. The number of benzene rings is 1. The molecule has 0 radical (unpaired) electrons. The molecule has 0 unspecified atom stereocenters. The summed E-state index contributed by atoms with van der Waals surface area (Å²) in [7, 11) is 0. The van der Waals surface area contributed by atoms with E-state index in [-0.39, 0.29) is 26.2 Å². The van der Waals surface area contributed by atoms with Crippen LogP contribution >= 0.6 is 0 Å². The highest BCUT2D eigenvalue weighted by Crippen LogP contribution is 2.31. The van der Waals surface area contributed by atoms with Crippen molar-refractivity contribution in [2.45, 2.75) is 65.1 Å². The first kappa shape index (κ1) is 26.3. The summed E-state index contributed by atoms with van der Waals surface area (Å²) in [6.45, 7) is 7.75. The van der Waals surface area contributed by atoms with Crippen molar-refractivity contribution in [3.05, 3.63) is 36.0 Å². The minimum atomic E-state index is -0.924. The quantitative estimate of drug-likeness (QED) is 0.490. The van der Waals surface area contributed by atoms with Gasteiger partial charge in [-0.25, -0.2) is 14.6 Å². The molecule has 37 heavy (non-hydrogen) atoms. The topological polar surface area (TPSA) is 107 Å². The SMILES string of the molecule is CCOC(=O)[C@@H]1C[C@@H]2CN1C(=O)[C@H](C(C)(C)C)NC(=O)OCCCC#Cc1ccc3ccnc(c3c1)O2. The Hall–Kier alpha value is -3.80. The molecule has 2 aliphatic heterocycles. The van der Waals surface area contributed by atoms with Gasteiger partial charge in [0.2, 0.25) is 11.8 Å². The van der Waals surface area contributed by atoms with Crippen molar-refractivity contribution >= 4 is 28.7 Å². The monoisotopic (exact) mass is 507 g/mol. The van der Waals surface area contributed by atoms with E-state index < -0.39 is 41.6 Å². The van der Waals surface area contributed by atoms with Crippen molar-refractivity contribution in [3.63, 3.8) is 0 Å². The molecule has 0 aliphatic carbocycles. The minimum Gasteiger partial charge on any atom is -0.472 e. The zero-order valence-electron chi connectivity index (χ0n) is 21.7. The molecule has 2 aliphatic rings. The Morgan fingerprint density at radius 1 is 1.27 bits per heavy atom. The number of carbonyl (C=O) groups excluding carboxylic acids is 3. The van der Waals surface area contributed by atoms with Crippen molar-refractivity contribution in [1.29, 1.82) is 0 Å². The number of fused-ring (bicyclic) bond motifs is 3. The van der Waals surface area contributed by atoms with E-state index in [1.807, 2.05) is 45.0 Å². The first-order valence-corrected chi connectivity index (χ1v) is 12.6. The van der Waals surface area contributed by atoms with E-state index in [2.05, 4.69) is 22.1 Å². The number of cyclic esters (lactones) is 1. The molecule has 4 rings (SSSR count). The van der Waals surface area contributed by atoms with Gasteiger partial charge in [0.1, 0.15) is 18.2 Å². The number of hydrogen-bond acceptors (Lipinski definition) is 7. The third-order valence-corrected chi connectivity index (χ3v) is 6.40. The zero-order valence-corrected chi connectivity index (χ0v) is 21.7. The molecule has 1 N–H and O–H groups in total. The maximum atomic E-state index is 13.8. The van der Waals surface area contributed by atoms with Gasteiger partial charge in [-0.1, -0.05) is 38.7 Å². The van der Waals surface area contributed by atoms with Crippen LogP contribution in [-0.2, 0) is 19.1 Å². The maximum absolute atomic E-state index is 13.8. The van der Waals surface area contributed by atoms with Gasteiger partial charge in [0.25, 0.3) is 0 Å². The molecule has 0 saturated carbocycles. The first-order valence-electron chi connectivity index (χ1n) is 12.6. The molecule has 0 spiro atoms. The molecular formula is C28H33N3O6. The predicted octanol–water partition coefficient (Wildman–Crippen LogP) is 3.43. The molecule has 9 nitrogen and oxygen atoms in total. The van der Waals surface area contributed by atoms with Crippen LogP contribution in [0.2, 0.25) is 0 Å². The third-order valence-electron chi connectivity index (χ3n) is 6.40. The Bertz CT molecular complexity index is 1240. The number of nitrogens with one attached hydrogen (secondary N) is 1. The summed E-state index contributed by atoms with van der Waals surface area (Å²) in [6.07, 6.45) is 1.81. The third kappa shape index (κ3) is 6.13. The molecule has 4 bridgehead atoms. The first-order chi connectivity index (χ1) is 17.7. The standard InChI is InChI=1S/C28H33N3O6/c1-5-35-26(33)22-16-20-17-31(22)25(32)23(28(2,3)4)30-27(34)36-14-8-6-7-9-18-10-11-19-12-13-29-24(37-20)21(19)15-18/h10-13,15,20,22-23H,5-6,8,14,16-17H2,1-4H3,(H,30,34)/t20-,22+,23-/m1/s1. The van der Waals surface area contributed by atoms with Gasteiger partial charge in [-0.05, 0) is 42.3 Å². The number of hydrogen-bond donors (Lipinski definition) is 1. The van der Waals surface area contributed by atoms with E-state index in [0.717, 1.165) is 16.3 Å². The van der Waals surface area contributed by atoms with Gasteiger partial charge in [0.05, 0.1) is 19.8 Å². The second kappa shape index (κ2) is 11.1. The highest BCUT2D eigenvalue weighted by Gasteiger charge is 2.46. The lowest BCUT2D eigenvalue weighted by molar-refractivity contribution is -0.154. The molecule has 1 fully saturated rings. The van der Waals surface area contributed by atoms with Crippen LogP contribution in [0.4, 0.5) is 4.79 Å². The van der Waals surface area contributed by atoms with Crippen LogP contribution in [0.1, 0.15) is 52.5 Å². The van der Waals surface area contributed by atoms with Crippen LogP contribution in [0.25, 0.3) is 10.8 Å². The van der Waals surface area contributed by atoms with Crippen LogP contribution in [-0.4, -0.2) is 65.8 Å². The number of alkyl carbamates (subject to hydrolysis) is 1. The van der Waals surface area contributed by atoms with Crippen LogP contribution in [0, 0.1) is 17.3 Å². The number of rotatable bonds is 2. The number of aromatic nitrogens is 1. The smallest absolute Gasteiger partial charge is 0.407 e. The van der Waals surface area contributed by atoms with E-state index in [9.17, 15) is 14.4 Å². The van der Waals surface area contributed by atoms with Gasteiger partial charge in [-0.2, -0.15) is 0 Å². The molecule has 2 amide bonds. The summed E-state index contributed by atoms with van der Waals surface area (Å²) in [5.41, 5.74) is 0.166. The fraction of sp³-hybridized carbons (Fsp3) is 0.500. The van der Waals surface area contributed by atoms with E-state index in [1.165, 1.54) is 4.90 Å². The molecule has 2 aromatic rings. The summed E-state index contributed by atoms with van der Waals surface area (Å²) in [6, 6.07) is 5.94. The summed E-state index contributed by atoms with van der Waals surface area (Å²) in [5.74, 6) is 5.76. The molecule has 1 aromatic carbocycles. The van der Waals surface area contributed by atoms with Crippen molar-refractivity contribution in [3.8, 4) is 17.7 Å². The molecule has 3 atom stereocenters. The number of esters is 1. The van der Waals surface area contributed by atoms with E-state index in [4.69, 9.17) is 14.2 Å². The molecule has 1 aromatic heterocycles. The Labute approximate surface area is 216 Å². The normalized spacial score (nSPS) is 22.7.